The normalized spacial score (nSPS) is 21.7. The summed E-state index contributed by atoms with van der Waals surface area (Å²) in [5.41, 5.74) is 0. The standard InChI is InChI=1S/C10H16N2O5/c1-2-6-3-7(6)11-10(17)12(4-8(13)14)5-9(15)16/h6-7H,2-5H2,1H3,(H,11,17)(H,13,14)(H,15,16). The van der Waals surface area contributed by atoms with E-state index in [9.17, 15) is 14.4 Å². The first-order valence-electron chi connectivity index (χ1n) is 5.43. The molecule has 0 heterocycles. The van der Waals surface area contributed by atoms with Crippen LogP contribution in [-0.4, -0.2) is 52.2 Å². The van der Waals surface area contributed by atoms with Crippen molar-refractivity contribution in [3.8, 4) is 0 Å². The monoisotopic (exact) mass is 244 g/mol. The molecule has 0 radical (unpaired) electrons. The van der Waals surface area contributed by atoms with Crippen molar-refractivity contribution in [1.82, 2.24) is 10.2 Å². The van der Waals surface area contributed by atoms with Gasteiger partial charge in [-0.15, -0.1) is 0 Å². The zero-order valence-corrected chi connectivity index (χ0v) is 9.55. The Balaban J connectivity index is 2.47. The summed E-state index contributed by atoms with van der Waals surface area (Å²) in [7, 11) is 0. The molecule has 2 atom stereocenters. The lowest BCUT2D eigenvalue weighted by atomic mass is 10.3. The topological polar surface area (TPSA) is 107 Å². The Morgan fingerprint density at radius 3 is 2.12 bits per heavy atom. The molecule has 0 aliphatic heterocycles. The number of carboxylic acids is 2. The Morgan fingerprint density at radius 2 is 1.76 bits per heavy atom. The van der Waals surface area contributed by atoms with Crippen LogP contribution in [0.15, 0.2) is 0 Å². The Hall–Kier alpha value is -1.79. The zero-order chi connectivity index (χ0) is 13.0. The van der Waals surface area contributed by atoms with Gasteiger partial charge in [-0.3, -0.25) is 9.59 Å². The summed E-state index contributed by atoms with van der Waals surface area (Å²) in [6.07, 6.45) is 1.82. The van der Waals surface area contributed by atoms with Crippen molar-refractivity contribution < 1.29 is 24.6 Å². The van der Waals surface area contributed by atoms with E-state index in [4.69, 9.17) is 10.2 Å². The first-order valence-corrected chi connectivity index (χ1v) is 5.43. The van der Waals surface area contributed by atoms with E-state index in [1.54, 1.807) is 0 Å². The van der Waals surface area contributed by atoms with Crippen molar-refractivity contribution in [3.05, 3.63) is 0 Å². The van der Waals surface area contributed by atoms with Crippen molar-refractivity contribution >= 4 is 18.0 Å². The van der Waals surface area contributed by atoms with Crippen LogP contribution in [0.1, 0.15) is 19.8 Å². The number of carbonyl (C=O) groups is 3. The fourth-order valence-corrected chi connectivity index (χ4v) is 1.65. The maximum Gasteiger partial charge on any atom is 0.323 e. The number of amides is 2. The van der Waals surface area contributed by atoms with Gasteiger partial charge in [-0.2, -0.15) is 0 Å². The highest BCUT2D eigenvalue weighted by Crippen LogP contribution is 2.33. The van der Waals surface area contributed by atoms with Gasteiger partial charge < -0.3 is 20.4 Å². The van der Waals surface area contributed by atoms with Crippen LogP contribution in [0.3, 0.4) is 0 Å². The highest BCUT2D eigenvalue weighted by Gasteiger charge is 2.37. The van der Waals surface area contributed by atoms with Crippen LogP contribution in [0.4, 0.5) is 4.79 Å². The molecule has 0 aromatic carbocycles. The van der Waals surface area contributed by atoms with Gasteiger partial charge in [0.1, 0.15) is 13.1 Å². The number of rotatable bonds is 6. The number of nitrogens with zero attached hydrogens (tertiary/aromatic N) is 1. The van der Waals surface area contributed by atoms with E-state index in [0.717, 1.165) is 17.7 Å². The SMILES string of the molecule is CCC1CC1NC(=O)N(CC(=O)O)CC(=O)O. The third-order valence-electron chi connectivity index (χ3n) is 2.70. The van der Waals surface area contributed by atoms with Gasteiger partial charge in [0.25, 0.3) is 0 Å². The van der Waals surface area contributed by atoms with Crippen LogP contribution in [0.5, 0.6) is 0 Å². The van der Waals surface area contributed by atoms with Crippen LogP contribution < -0.4 is 5.32 Å². The molecule has 96 valence electrons. The molecule has 0 saturated heterocycles. The average Bonchev–Trinajstić information content (AvgIpc) is 2.94. The molecule has 1 fully saturated rings. The molecule has 7 nitrogen and oxygen atoms in total. The summed E-state index contributed by atoms with van der Waals surface area (Å²) in [4.78, 5) is 33.4. The lowest BCUT2D eigenvalue weighted by molar-refractivity contribution is -0.140. The van der Waals surface area contributed by atoms with E-state index in [2.05, 4.69) is 5.32 Å². The number of carbonyl (C=O) groups excluding carboxylic acids is 1. The van der Waals surface area contributed by atoms with Crippen LogP contribution in [0.25, 0.3) is 0 Å². The van der Waals surface area contributed by atoms with E-state index < -0.39 is 31.1 Å². The Morgan fingerprint density at radius 1 is 1.24 bits per heavy atom. The molecule has 1 rings (SSSR count). The van der Waals surface area contributed by atoms with Gasteiger partial charge >= 0.3 is 18.0 Å². The van der Waals surface area contributed by atoms with Crippen molar-refractivity contribution in [2.24, 2.45) is 5.92 Å². The van der Waals surface area contributed by atoms with Gasteiger partial charge in [0.05, 0.1) is 0 Å². The molecule has 0 aromatic heterocycles. The zero-order valence-electron chi connectivity index (χ0n) is 9.55. The second kappa shape index (κ2) is 5.51. The van der Waals surface area contributed by atoms with Crippen LogP contribution in [0.2, 0.25) is 0 Å². The van der Waals surface area contributed by atoms with Gasteiger partial charge in [0.2, 0.25) is 0 Å². The highest BCUT2D eigenvalue weighted by molar-refractivity contribution is 5.84. The highest BCUT2D eigenvalue weighted by atomic mass is 16.4. The largest absolute Gasteiger partial charge is 0.480 e. The van der Waals surface area contributed by atoms with Gasteiger partial charge in [-0.1, -0.05) is 13.3 Å². The lowest BCUT2D eigenvalue weighted by Crippen LogP contribution is -2.46. The summed E-state index contributed by atoms with van der Waals surface area (Å²) >= 11 is 0. The van der Waals surface area contributed by atoms with Crippen molar-refractivity contribution in [2.75, 3.05) is 13.1 Å². The van der Waals surface area contributed by atoms with Crippen molar-refractivity contribution in [1.29, 1.82) is 0 Å². The summed E-state index contributed by atoms with van der Waals surface area (Å²) in [5.74, 6) is -2.04. The third kappa shape index (κ3) is 4.29. The summed E-state index contributed by atoms with van der Waals surface area (Å²) in [6, 6.07) is -0.576. The minimum atomic E-state index is -1.23. The number of urea groups is 1. The molecule has 17 heavy (non-hydrogen) atoms. The van der Waals surface area contributed by atoms with E-state index in [1.807, 2.05) is 6.92 Å². The van der Waals surface area contributed by atoms with E-state index in [-0.39, 0.29) is 6.04 Å². The van der Waals surface area contributed by atoms with Crippen molar-refractivity contribution in [2.45, 2.75) is 25.8 Å². The van der Waals surface area contributed by atoms with E-state index in [1.165, 1.54) is 0 Å². The molecule has 1 aliphatic carbocycles. The third-order valence-corrected chi connectivity index (χ3v) is 2.70. The second-order valence-corrected chi connectivity index (χ2v) is 4.10. The molecule has 0 aromatic rings. The molecule has 2 amide bonds. The van der Waals surface area contributed by atoms with Gasteiger partial charge in [0, 0.05) is 6.04 Å². The van der Waals surface area contributed by atoms with Crippen LogP contribution in [0, 0.1) is 5.92 Å². The average molecular weight is 244 g/mol. The van der Waals surface area contributed by atoms with Crippen LogP contribution in [-0.2, 0) is 9.59 Å². The Bertz CT molecular complexity index is 315. The quantitative estimate of drug-likeness (QED) is 0.608. The second-order valence-electron chi connectivity index (χ2n) is 4.10. The van der Waals surface area contributed by atoms with Crippen LogP contribution >= 0.6 is 0 Å². The number of hydrogen-bond acceptors (Lipinski definition) is 3. The molecule has 0 spiro atoms. The van der Waals surface area contributed by atoms with Gasteiger partial charge in [0.15, 0.2) is 0 Å². The minimum Gasteiger partial charge on any atom is -0.480 e. The van der Waals surface area contributed by atoms with Crippen molar-refractivity contribution in [3.63, 3.8) is 0 Å². The van der Waals surface area contributed by atoms with E-state index >= 15 is 0 Å². The molecule has 3 N–H and O–H groups in total. The number of hydrogen-bond donors (Lipinski definition) is 3. The number of nitrogens with one attached hydrogen (secondary N) is 1. The van der Waals surface area contributed by atoms with Gasteiger partial charge in [-0.05, 0) is 12.3 Å². The first-order chi connectivity index (χ1) is 7.93. The number of carboxylic acid groups (broad SMARTS) is 2. The fraction of sp³-hybridized carbons (Fsp3) is 0.700. The molecular weight excluding hydrogens is 228 g/mol. The number of aliphatic carboxylic acids is 2. The predicted octanol–water partition coefficient (Wildman–Crippen LogP) is -0.0343. The smallest absolute Gasteiger partial charge is 0.323 e. The maximum absolute atomic E-state index is 11.6. The minimum absolute atomic E-state index is 0.0533. The first kappa shape index (κ1) is 13.3. The molecule has 2 unspecified atom stereocenters. The summed E-state index contributed by atoms with van der Waals surface area (Å²) in [6.45, 7) is 0.784. The molecule has 1 aliphatic rings. The summed E-state index contributed by atoms with van der Waals surface area (Å²) < 4.78 is 0. The fourth-order valence-electron chi connectivity index (χ4n) is 1.65. The molecule has 0 bridgehead atoms. The maximum atomic E-state index is 11.6. The molecular formula is C10H16N2O5. The van der Waals surface area contributed by atoms with Gasteiger partial charge in [-0.25, -0.2) is 4.79 Å². The Labute approximate surface area is 98.4 Å². The Kier molecular flexibility index (Phi) is 4.30. The molecule has 1 saturated carbocycles. The van der Waals surface area contributed by atoms with E-state index in [0.29, 0.717) is 5.92 Å². The lowest BCUT2D eigenvalue weighted by Gasteiger charge is -2.19. The summed E-state index contributed by atoms with van der Waals surface area (Å²) in [5, 5.41) is 19.8. The molecule has 7 heteroatoms. The predicted molar refractivity (Wildman–Crippen MR) is 57.6 cm³/mol.